The molecule has 19 heavy (non-hydrogen) atoms. The Balaban J connectivity index is 2.09. The summed E-state index contributed by atoms with van der Waals surface area (Å²) >= 11 is 0. The smallest absolute Gasteiger partial charge is 0.311 e. The van der Waals surface area contributed by atoms with Gasteiger partial charge in [-0.1, -0.05) is 37.5 Å². The number of fused-ring (bicyclic) bond motifs is 2. The summed E-state index contributed by atoms with van der Waals surface area (Å²) in [4.78, 5) is 14.1. The predicted molar refractivity (Wildman–Crippen MR) is 75.6 cm³/mol. The van der Waals surface area contributed by atoms with Gasteiger partial charge in [0.05, 0.1) is 5.92 Å². The number of aliphatic carboxylic acids is 1. The van der Waals surface area contributed by atoms with E-state index < -0.39 is 5.97 Å². The fraction of sp³-hybridized carbons (Fsp3) is 0.562. The zero-order chi connectivity index (χ0) is 13.4. The molecule has 1 heterocycles. The third kappa shape index (κ3) is 2.01. The van der Waals surface area contributed by atoms with Crippen molar-refractivity contribution in [3.05, 3.63) is 29.8 Å². The van der Waals surface area contributed by atoms with Crippen molar-refractivity contribution in [1.29, 1.82) is 0 Å². The molecule has 3 atom stereocenters. The lowest BCUT2D eigenvalue weighted by molar-refractivity contribution is -0.140. The van der Waals surface area contributed by atoms with E-state index in [0.717, 1.165) is 24.1 Å². The first kappa shape index (κ1) is 12.5. The molecule has 102 valence electrons. The van der Waals surface area contributed by atoms with Gasteiger partial charge in [0.2, 0.25) is 0 Å². The van der Waals surface area contributed by atoms with Gasteiger partial charge in [-0.2, -0.15) is 0 Å². The molecule has 3 nitrogen and oxygen atoms in total. The highest BCUT2D eigenvalue weighted by atomic mass is 16.4. The van der Waals surface area contributed by atoms with Crippen LogP contribution in [0.3, 0.4) is 0 Å². The van der Waals surface area contributed by atoms with Crippen molar-refractivity contribution in [2.75, 3.05) is 11.9 Å². The van der Waals surface area contributed by atoms with Gasteiger partial charge in [0.15, 0.2) is 0 Å². The lowest BCUT2D eigenvalue weighted by atomic mass is 9.74. The lowest BCUT2D eigenvalue weighted by Gasteiger charge is -2.44. The molecule has 0 spiro atoms. The predicted octanol–water partition coefficient (Wildman–Crippen LogP) is 3.25. The SMILES string of the molecule is CN1c2ccccc2C(C(=O)O)C2CCCCCC21. The van der Waals surface area contributed by atoms with Crippen molar-refractivity contribution in [1.82, 2.24) is 0 Å². The number of hydrogen-bond donors (Lipinski definition) is 1. The van der Waals surface area contributed by atoms with Crippen molar-refractivity contribution in [3.8, 4) is 0 Å². The van der Waals surface area contributed by atoms with Gasteiger partial charge in [-0.15, -0.1) is 0 Å². The summed E-state index contributed by atoms with van der Waals surface area (Å²) in [6.07, 6.45) is 5.80. The lowest BCUT2D eigenvalue weighted by Crippen LogP contribution is -2.46. The van der Waals surface area contributed by atoms with Crippen LogP contribution in [0.25, 0.3) is 0 Å². The molecule has 0 radical (unpaired) electrons. The van der Waals surface area contributed by atoms with Crippen molar-refractivity contribution in [3.63, 3.8) is 0 Å². The molecule has 2 aliphatic rings. The third-order valence-electron chi connectivity index (χ3n) is 4.88. The summed E-state index contributed by atoms with van der Waals surface area (Å²) < 4.78 is 0. The van der Waals surface area contributed by atoms with Gasteiger partial charge in [-0.3, -0.25) is 4.79 Å². The minimum atomic E-state index is -0.655. The summed E-state index contributed by atoms with van der Waals surface area (Å²) in [6.45, 7) is 0. The zero-order valence-corrected chi connectivity index (χ0v) is 11.4. The van der Waals surface area contributed by atoms with E-state index >= 15 is 0 Å². The first-order valence-electron chi connectivity index (χ1n) is 7.24. The topological polar surface area (TPSA) is 40.5 Å². The van der Waals surface area contributed by atoms with E-state index in [-0.39, 0.29) is 11.8 Å². The zero-order valence-electron chi connectivity index (χ0n) is 11.4. The van der Waals surface area contributed by atoms with Gasteiger partial charge in [-0.05, 0) is 30.4 Å². The summed E-state index contributed by atoms with van der Waals surface area (Å²) in [7, 11) is 2.12. The monoisotopic (exact) mass is 259 g/mol. The molecule has 0 saturated heterocycles. The first-order valence-corrected chi connectivity index (χ1v) is 7.24. The molecule has 0 bridgehead atoms. The van der Waals surface area contributed by atoms with Crippen LogP contribution in [-0.2, 0) is 4.79 Å². The molecule has 1 aromatic rings. The maximum Gasteiger partial charge on any atom is 0.311 e. The van der Waals surface area contributed by atoms with Crippen LogP contribution in [0, 0.1) is 5.92 Å². The molecule has 1 aliphatic carbocycles. The average Bonchev–Trinajstić information content (AvgIpc) is 2.64. The van der Waals surface area contributed by atoms with Crippen molar-refractivity contribution in [2.45, 2.75) is 44.1 Å². The van der Waals surface area contributed by atoms with Crippen LogP contribution < -0.4 is 4.90 Å². The van der Waals surface area contributed by atoms with Gasteiger partial charge in [0.25, 0.3) is 0 Å². The largest absolute Gasteiger partial charge is 0.481 e. The molecular weight excluding hydrogens is 238 g/mol. The Kier molecular flexibility index (Phi) is 3.21. The van der Waals surface area contributed by atoms with E-state index in [1.807, 2.05) is 18.2 Å². The second-order valence-corrected chi connectivity index (χ2v) is 5.85. The average molecular weight is 259 g/mol. The molecule has 3 rings (SSSR count). The molecule has 1 aliphatic heterocycles. The van der Waals surface area contributed by atoms with Gasteiger partial charge >= 0.3 is 5.97 Å². The van der Waals surface area contributed by atoms with Gasteiger partial charge in [0, 0.05) is 18.8 Å². The Morgan fingerprint density at radius 3 is 2.74 bits per heavy atom. The number of carboxylic acid groups (broad SMARTS) is 1. The Bertz CT molecular complexity index is 485. The number of hydrogen-bond acceptors (Lipinski definition) is 2. The van der Waals surface area contributed by atoms with Gasteiger partial charge in [-0.25, -0.2) is 0 Å². The summed E-state index contributed by atoms with van der Waals surface area (Å²) in [5.41, 5.74) is 2.11. The highest BCUT2D eigenvalue weighted by Gasteiger charge is 2.43. The second-order valence-electron chi connectivity index (χ2n) is 5.85. The Morgan fingerprint density at radius 1 is 1.21 bits per heavy atom. The molecule has 3 unspecified atom stereocenters. The Labute approximate surface area is 114 Å². The fourth-order valence-electron chi connectivity index (χ4n) is 3.98. The van der Waals surface area contributed by atoms with Crippen LogP contribution in [0.5, 0.6) is 0 Å². The molecule has 1 N–H and O–H groups in total. The maximum absolute atomic E-state index is 11.8. The summed E-state index contributed by atoms with van der Waals surface area (Å²) in [5, 5.41) is 9.68. The molecule has 1 fully saturated rings. The van der Waals surface area contributed by atoms with E-state index in [2.05, 4.69) is 18.0 Å². The highest BCUT2D eigenvalue weighted by molar-refractivity contribution is 5.81. The van der Waals surface area contributed by atoms with Crippen LogP contribution in [0.15, 0.2) is 24.3 Å². The van der Waals surface area contributed by atoms with E-state index in [1.165, 1.54) is 19.3 Å². The Morgan fingerprint density at radius 2 is 1.95 bits per heavy atom. The second kappa shape index (κ2) is 4.87. The number of rotatable bonds is 1. The minimum Gasteiger partial charge on any atom is -0.481 e. The number of para-hydroxylation sites is 1. The van der Waals surface area contributed by atoms with Crippen molar-refractivity contribution < 1.29 is 9.90 Å². The van der Waals surface area contributed by atoms with E-state index in [9.17, 15) is 9.90 Å². The maximum atomic E-state index is 11.8. The third-order valence-corrected chi connectivity index (χ3v) is 4.88. The summed E-state index contributed by atoms with van der Waals surface area (Å²) in [5.74, 6) is -0.715. The van der Waals surface area contributed by atoms with Crippen molar-refractivity contribution in [2.24, 2.45) is 5.92 Å². The number of carboxylic acids is 1. The number of nitrogens with zero attached hydrogens (tertiary/aromatic N) is 1. The van der Waals surface area contributed by atoms with Crippen LogP contribution >= 0.6 is 0 Å². The highest BCUT2D eigenvalue weighted by Crippen LogP contribution is 2.46. The molecular formula is C16H21NO2. The Hall–Kier alpha value is -1.51. The standard InChI is InChI=1S/C16H21NO2/c1-17-13-9-4-2-3-7-11(13)15(16(18)19)12-8-5-6-10-14(12)17/h5-6,8,10-11,13,15H,2-4,7,9H2,1H3,(H,18,19). The normalized spacial score (nSPS) is 30.2. The quantitative estimate of drug-likeness (QED) is 0.841. The number of benzene rings is 1. The number of carbonyl (C=O) groups is 1. The van der Waals surface area contributed by atoms with E-state index in [1.54, 1.807) is 0 Å². The van der Waals surface area contributed by atoms with Crippen LogP contribution in [0.1, 0.15) is 43.6 Å². The fourth-order valence-corrected chi connectivity index (χ4v) is 3.98. The van der Waals surface area contributed by atoms with Crippen LogP contribution in [-0.4, -0.2) is 24.2 Å². The van der Waals surface area contributed by atoms with Gasteiger partial charge in [0.1, 0.15) is 0 Å². The summed E-state index contributed by atoms with van der Waals surface area (Å²) in [6, 6.07) is 8.40. The first-order chi connectivity index (χ1) is 9.20. The molecule has 1 aromatic carbocycles. The number of anilines is 1. The molecule has 0 amide bonds. The van der Waals surface area contributed by atoms with E-state index in [4.69, 9.17) is 0 Å². The van der Waals surface area contributed by atoms with Crippen LogP contribution in [0.4, 0.5) is 5.69 Å². The van der Waals surface area contributed by atoms with E-state index in [0.29, 0.717) is 6.04 Å². The van der Waals surface area contributed by atoms with Gasteiger partial charge < -0.3 is 10.0 Å². The molecule has 0 aromatic heterocycles. The minimum absolute atomic E-state index is 0.264. The molecule has 3 heteroatoms. The van der Waals surface area contributed by atoms with Crippen LogP contribution in [0.2, 0.25) is 0 Å². The van der Waals surface area contributed by atoms with Crippen molar-refractivity contribution >= 4 is 11.7 Å². The molecule has 1 saturated carbocycles.